The SMILES string of the molecule is N#Cc1ccc(-n2nc3c(c2C(=O)NCC2(CO)COC2)C(=O)N[C@@]2(CCc4cc(OCC(F)(F)F)ccc42)C3)nc1. The number of fused-ring (bicyclic) bond motifs is 3. The fraction of sp³-hybridized carbons (Fsp3) is 0.393. The summed E-state index contributed by atoms with van der Waals surface area (Å²) in [6, 6.07) is 9.67. The standard InChI is InChI=1S/C28H25F3N6O5/c29-28(30,31)15-42-18-2-3-19-17(7-18)5-6-27(19)8-20-22(24(39)35-27)23(25(40)34-11-26(12-38)13-41-14-26)37(36-20)21-4-1-16(9-32)10-33-21/h1-4,7,10,38H,5-6,8,11-15H2,(H,34,40)(H,35,39)/t27-/m0/s1. The minimum atomic E-state index is -4.47. The van der Waals surface area contributed by atoms with E-state index in [2.05, 4.69) is 20.7 Å². The molecule has 0 bridgehead atoms. The molecular weight excluding hydrogens is 557 g/mol. The molecule has 4 heterocycles. The maximum absolute atomic E-state index is 13.7. The van der Waals surface area contributed by atoms with Crippen molar-refractivity contribution in [1.82, 2.24) is 25.4 Å². The molecule has 2 amide bonds. The van der Waals surface area contributed by atoms with Gasteiger partial charge in [-0.1, -0.05) is 6.07 Å². The second-order valence-electron chi connectivity index (χ2n) is 10.9. The molecule has 2 aromatic heterocycles. The number of alkyl halides is 3. The first kappa shape index (κ1) is 27.7. The van der Waals surface area contributed by atoms with Gasteiger partial charge in [0.1, 0.15) is 17.5 Å². The first-order valence-electron chi connectivity index (χ1n) is 13.2. The number of nitrogens with one attached hydrogen (secondary N) is 2. The van der Waals surface area contributed by atoms with Crippen molar-refractivity contribution in [2.24, 2.45) is 5.41 Å². The Bertz CT molecular complexity index is 1600. The Morgan fingerprint density at radius 2 is 2.10 bits per heavy atom. The minimum absolute atomic E-state index is 0.0444. The van der Waals surface area contributed by atoms with Crippen molar-refractivity contribution in [2.45, 2.75) is 31.0 Å². The molecule has 1 aromatic carbocycles. The molecule has 0 radical (unpaired) electrons. The summed E-state index contributed by atoms with van der Waals surface area (Å²) >= 11 is 0. The number of nitriles is 1. The van der Waals surface area contributed by atoms with Gasteiger partial charge in [0.15, 0.2) is 12.4 Å². The number of pyridine rings is 1. The van der Waals surface area contributed by atoms with Crippen LogP contribution >= 0.6 is 0 Å². The molecule has 1 fully saturated rings. The van der Waals surface area contributed by atoms with Crippen LogP contribution in [0.2, 0.25) is 0 Å². The zero-order chi connectivity index (χ0) is 29.7. The number of aliphatic hydroxyl groups is 1. The van der Waals surface area contributed by atoms with Crippen molar-refractivity contribution in [3.63, 3.8) is 0 Å². The smallest absolute Gasteiger partial charge is 0.422 e. The maximum Gasteiger partial charge on any atom is 0.422 e. The van der Waals surface area contributed by atoms with Crippen molar-refractivity contribution in [2.75, 3.05) is 33.0 Å². The topological polar surface area (TPSA) is 151 Å². The summed E-state index contributed by atoms with van der Waals surface area (Å²) in [6.45, 7) is -0.920. The molecule has 218 valence electrons. The molecule has 0 unspecified atom stereocenters. The number of carbonyl (C=O) groups excluding carboxylic acids is 2. The summed E-state index contributed by atoms with van der Waals surface area (Å²) in [5, 5.41) is 29.4. The molecule has 1 saturated heterocycles. The van der Waals surface area contributed by atoms with Gasteiger partial charge in [0, 0.05) is 19.2 Å². The van der Waals surface area contributed by atoms with E-state index in [0.717, 1.165) is 11.1 Å². The van der Waals surface area contributed by atoms with Gasteiger partial charge in [-0.3, -0.25) is 9.59 Å². The Balaban J connectivity index is 1.35. The van der Waals surface area contributed by atoms with Crippen LogP contribution in [0.3, 0.4) is 0 Å². The number of benzene rings is 1. The Morgan fingerprint density at radius 1 is 1.29 bits per heavy atom. The summed E-state index contributed by atoms with van der Waals surface area (Å²) < 4.78 is 49.3. The highest BCUT2D eigenvalue weighted by Crippen LogP contribution is 2.44. The molecule has 3 N–H and O–H groups in total. The van der Waals surface area contributed by atoms with E-state index in [1.807, 2.05) is 6.07 Å². The van der Waals surface area contributed by atoms with E-state index in [-0.39, 0.29) is 55.6 Å². The molecule has 11 nitrogen and oxygen atoms in total. The highest BCUT2D eigenvalue weighted by molar-refractivity contribution is 6.08. The van der Waals surface area contributed by atoms with E-state index in [9.17, 15) is 33.1 Å². The van der Waals surface area contributed by atoms with E-state index >= 15 is 0 Å². The van der Waals surface area contributed by atoms with Crippen molar-refractivity contribution in [3.05, 3.63) is 70.2 Å². The minimum Gasteiger partial charge on any atom is -0.484 e. The zero-order valence-corrected chi connectivity index (χ0v) is 22.1. The van der Waals surface area contributed by atoms with Crippen molar-refractivity contribution >= 4 is 11.8 Å². The third kappa shape index (κ3) is 4.84. The van der Waals surface area contributed by atoms with Crippen LogP contribution in [0.15, 0.2) is 36.5 Å². The van der Waals surface area contributed by atoms with Crippen molar-refractivity contribution < 1.29 is 37.3 Å². The van der Waals surface area contributed by atoms with Crippen LogP contribution < -0.4 is 15.4 Å². The highest BCUT2D eigenvalue weighted by atomic mass is 19.4. The van der Waals surface area contributed by atoms with Crippen molar-refractivity contribution in [3.8, 4) is 17.6 Å². The van der Waals surface area contributed by atoms with E-state index < -0.39 is 35.6 Å². The van der Waals surface area contributed by atoms with E-state index in [4.69, 9.17) is 9.47 Å². The number of aromatic nitrogens is 3. The molecule has 3 aromatic rings. The molecular formula is C28H25F3N6O5. The number of halogens is 3. The number of ether oxygens (including phenoxy) is 2. The molecule has 0 saturated carbocycles. The average Bonchev–Trinajstić information content (AvgIpc) is 3.50. The normalized spacial score (nSPS) is 20.2. The second-order valence-corrected chi connectivity index (χ2v) is 10.9. The van der Waals surface area contributed by atoms with Crippen LogP contribution in [0, 0.1) is 16.7 Å². The summed E-state index contributed by atoms with van der Waals surface area (Å²) in [4.78, 5) is 31.6. The number of aliphatic hydroxyl groups excluding tert-OH is 1. The van der Waals surface area contributed by atoms with Gasteiger partial charge in [-0.25, -0.2) is 9.67 Å². The maximum atomic E-state index is 13.7. The van der Waals surface area contributed by atoms with Gasteiger partial charge in [-0.05, 0) is 48.2 Å². The van der Waals surface area contributed by atoms with Gasteiger partial charge in [0.25, 0.3) is 11.8 Å². The quantitative estimate of drug-likeness (QED) is 0.383. The Kier molecular flexibility index (Phi) is 6.66. The van der Waals surface area contributed by atoms with Gasteiger partial charge in [-0.15, -0.1) is 0 Å². The lowest BCUT2D eigenvalue weighted by molar-refractivity contribution is -0.153. The van der Waals surface area contributed by atoms with Crippen LogP contribution in [0.1, 0.15) is 49.7 Å². The highest BCUT2D eigenvalue weighted by Gasteiger charge is 2.48. The Hall–Kier alpha value is -4.48. The van der Waals surface area contributed by atoms with Gasteiger partial charge in [-0.2, -0.15) is 23.5 Å². The molecule has 3 aliphatic rings. The molecule has 1 atom stereocenters. The van der Waals surface area contributed by atoms with Gasteiger partial charge < -0.3 is 25.2 Å². The lowest BCUT2D eigenvalue weighted by Gasteiger charge is -2.39. The zero-order valence-electron chi connectivity index (χ0n) is 22.1. The third-order valence-electron chi connectivity index (χ3n) is 7.91. The second kappa shape index (κ2) is 10.1. The molecule has 2 aliphatic heterocycles. The van der Waals surface area contributed by atoms with Crippen LogP contribution in [0.5, 0.6) is 5.75 Å². The number of carbonyl (C=O) groups is 2. The van der Waals surface area contributed by atoms with Crippen molar-refractivity contribution in [1.29, 1.82) is 5.26 Å². The average molecular weight is 583 g/mol. The fourth-order valence-electron chi connectivity index (χ4n) is 5.67. The van der Waals surface area contributed by atoms with Crippen LogP contribution in [-0.2, 0) is 23.1 Å². The molecule has 14 heteroatoms. The lowest BCUT2D eigenvalue weighted by atomic mass is 9.82. The number of hydrogen-bond donors (Lipinski definition) is 3. The number of aryl methyl sites for hydroxylation is 1. The monoisotopic (exact) mass is 582 g/mol. The third-order valence-corrected chi connectivity index (χ3v) is 7.91. The van der Waals surface area contributed by atoms with Crippen LogP contribution in [-0.4, -0.2) is 70.8 Å². The first-order chi connectivity index (χ1) is 20.1. The van der Waals surface area contributed by atoms with Gasteiger partial charge in [0.2, 0.25) is 0 Å². The lowest BCUT2D eigenvalue weighted by Crippen LogP contribution is -2.53. The van der Waals surface area contributed by atoms with E-state index in [1.54, 1.807) is 12.1 Å². The summed E-state index contributed by atoms with van der Waals surface area (Å²) in [5.74, 6) is -0.828. The predicted molar refractivity (Wildman–Crippen MR) is 138 cm³/mol. The van der Waals surface area contributed by atoms with Gasteiger partial charge in [0.05, 0.1) is 47.6 Å². The molecule has 1 aliphatic carbocycles. The summed E-state index contributed by atoms with van der Waals surface area (Å²) in [5.41, 5.74) is 0.684. The summed E-state index contributed by atoms with van der Waals surface area (Å²) in [7, 11) is 0. The summed E-state index contributed by atoms with van der Waals surface area (Å²) in [6.07, 6.45) is -1.95. The van der Waals surface area contributed by atoms with Gasteiger partial charge >= 0.3 is 6.18 Å². The number of rotatable bonds is 7. The molecule has 1 spiro atoms. The molecule has 6 rings (SSSR count). The number of amides is 2. The van der Waals surface area contributed by atoms with E-state index in [0.29, 0.717) is 24.1 Å². The largest absolute Gasteiger partial charge is 0.484 e. The van der Waals surface area contributed by atoms with Crippen LogP contribution in [0.25, 0.3) is 5.82 Å². The van der Waals surface area contributed by atoms with Crippen LogP contribution in [0.4, 0.5) is 13.2 Å². The Labute approximate surface area is 237 Å². The van der Waals surface area contributed by atoms with E-state index in [1.165, 1.54) is 29.1 Å². The Morgan fingerprint density at radius 3 is 2.74 bits per heavy atom. The first-order valence-corrected chi connectivity index (χ1v) is 13.2. The predicted octanol–water partition coefficient (Wildman–Crippen LogP) is 1.95. The number of nitrogens with zero attached hydrogens (tertiary/aromatic N) is 4. The fourth-order valence-corrected chi connectivity index (χ4v) is 5.67. The number of hydrogen-bond acceptors (Lipinski definition) is 8. The molecule has 42 heavy (non-hydrogen) atoms.